The first kappa shape index (κ1) is 32.3. The van der Waals surface area contributed by atoms with Gasteiger partial charge >= 0.3 is 35.8 Å². The van der Waals surface area contributed by atoms with Crippen molar-refractivity contribution in [3.63, 3.8) is 0 Å². The van der Waals surface area contributed by atoms with Gasteiger partial charge < -0.3 is 28.4 Å². The van der Waals surface area contributed by atoms with Crippen LogP contribution < -0.4 is 0 Å². The summed E-state index contributed by atoms with van der Waals surface area (Å²) in [7, 11) is 0. The van der Waals surface area contributed by atoms with Gasteiger partial charge in [-0.25, -0.2) is 28.8 Å². The van der Waals surface area contributed by atoms with Crippen molar-refractivity contribution >= 4 is 35.8 Å². The number of hydrogen-bond acceptors (Lipinski definition) is 12. The summed E-state index contributed by atoms with van der Waals surface area (Å²) in [4.78, 5) is 72.1. The minimum Gasteiger partial charge on any atom is -0.459 e. The van der Waals surface area contributed by atoms with E-state index in [1.807, 2.05) is 0 Å². The van der Waals surface area contributed by atoms with Gasteiger partial charge in [-0.1, -0.05) is 19.7 Å². The third kappa shape index (κ3) is 11.5. The van der Waals surface area contributed by atoms with Crippen molar-refractivity contribution in [2.75, 3.05) is 39.6 Å². The molecule has 0 spiro atoms. The Kier molecular flexibility index (Phi) is 13.4. The zero-order chi connectivity index (χ0) is 29.5. The highest BCUT2D eigenvalue weighted by molar-refractivity contribution is 6.05. The van der Waals surface area contributed by atoms with Gasteiger partial charge in [-0.3, -0.25) is 0 Å². The van der Waals surface area contributed by atoms with Crippen LogP contribution in [0.2, 0.25) is 0 Å². The van der Waals surface area contributed by atoms with Crippen LogP contribution in [-0.2, 0) is 42.8 Å². The lowest BCUT2D eigenvalue weighted by atomic mass is 10.0. The molecule has 39 heavy (non-hydrogen) atoms. The predicted octanol–water partition coefficient (Wildman–Crippen LogP) is 2.51. The van der Waals surface area contributed by atoms with Crippen molar-refractivity contribution in [1.82, 2.24) is 0 Å². The molecule has 1 rings (SSSR count). The van der Waals surface area contributed by atoms with Gasteiger partial charge in [-0.15, -0.1) is 0 Å². The molecule has 210 valence electrons. The highest BCUT2D eigenvalue weighted by atomic mass is 16.6. The van der Waals surface area contributed by atoms with Crippen LogP contribution in [0.3, 0.4) is 0 Å². The molecule has 0 aliphatic rings. The number of hydrogen-bond donors (Lipinski definition) is 0. The molecule has 0 saturated heterocycles. The summed E-state index contributed by atoms with van der Waals surface area (Å²) in [6, 6.07) is 3.42. The molecule has 1 aromatic rings. The molecule has 0 bridgehead atoms. The van der Waals surface area contributed by atoms with Crippen LogP contribution in [0.5, 0.6) is 0 Å². The van der Waals surface area contributed by atoms with E-state index < -0.39 is 35.8 Å². The Bertz CT molecular complexity index is 1160. The lowest BCUT2D eigenvalue weighted by Gasteiger charge is -2.12. The Balaban J connectivity index is 2.95. The van der Waals surface area contributed by atoms with Crippen molar-refractivity contribution in [1.29, 1.82) is 0 Å². The maximum atomic E-state index is 12.7. The molecule has 12 heteroatoms. The number of ether oxygens (including phenoxy) is 6. The molecule has 0 amide bonds. The van der Waals surface area contributed by atoms with Gasteiger partial charge in [0.05, 0.1) is 16.7 Å². The molecule has 0 radical (unpaired) electrons. The first-order chi connectivity index (χ1) is 18.3. The smallest absolute Gasteiger partial charge is 0.339 e. The van der Waals surface area contributed by atoms with E-state index >= 15 is 0 Å². The zero-order valence-corrected chi connectivity index (χ0v) is 22.0. The summed E-state index contributed by atoms with van der Waals surface area (Å²) >= 11 is 0. The van der Waals surface area contributed by atoms with Crippen LogP contribution in [0, 0.1) is 0 Å². The van der Waals surface area contributed by atoms with Crippen molar-refractivity contribution < 1.29 is 57.2 Å². The maximum absolute atomic E-state index is 12.7. The molecule has 0 aromatic heterocycles. The number of benzene rings is 1. The summed E-state index contributed by atoms with van der Waals surface area (Å²) in [5.74, 6) is -4.86. The van der Waals surface area contributed by atoms with E-state index in [-0.39, 0.29) is 73.1 Å². The molecule has 0 aliphatic carbocycles. The van der Waals surface area contributed by atoms with Crippen molar-refractivity contribution in [3.05, 3.63) is 71.3 Å². The fourth-order valence-corrected chi connectivity index (χ4v) is 2.43. The Morgan fingerprint density at radius 2 is 0.846 bits per heavy atom. The van der Waals surface area contributed by atoms with Crippen molar-refractivity contribution in [2.24, 2.45) is 0 Å². The first-order valence-electron chi connectivity index (χ1n) is 11.5. The van der Waals surface area contributed by atoms with Crippen LogP contribution in [-0.4, -0.2) is 75.5 Å². The fraction of sp³-hybridized carbons (Fsp3) is 0.333. The minimum atomic E-state index is -1.02. The third-order valence-electron chi connectivity index (χ3n) is 4.39. The van der Waals surface area contributed by atoms with Gasteiger partial charge in [-0.05, 0) is 39.0 Å². The standard InChI is InChI=1S/C27H30O12/c1-16(2)22(28)34-9-12-37-25(31)19-7-8-20(26(32)38-13-10-35-23(29)17(3)4)21(15-19)27(33)39-14-11-36-24(30)18(5)6/h7-8,15H,1,3,5,9-14H2,2,4,6H3. The lowest BCUT2D eigenvalue weighted by molar-refractivity contribution is -0.140. The average molecular weight is 547 g/mol. The summed E-state index contributed by atoms with van der Waals surface area (Å²) in [6.45, 7) is 12.9. The number of esters is 6. The Labute approximate surface area is 225 Å². The van der Waals surface area contributed by atoms with Crippen molar-refractivity contribution in [3.8, 4) is 0 Å². The number of carbonyl (C=O) groups is 6. The van der Waals surface area contributed by atoms with Gasteiger partial charge in [-0.2, -0.15) is 0 Å². The van der Waals surface area contributed by atoms with Gasteiger partial charge in [0.1, 0.15) is 39.6 Å². The zero-order valence-electron chi connectivity index (χ0n) is 22.0. The highest BCUT2D eigenvalue weighted by Crippen LogP contribution is 2.16. The van der Waals surface area contributed by atoms with Gasteiger partial charge in [0.2, 0.25) is 0 Å². The van der Waals surface area contributed by atoms with Gasteiger partial charge in [0, 0.05) is 16.7 Å². The van der Waals surface area contributed by atoms with Crippen LogP contribution >= 0.6 is 0 Å². The van der Waals surface area contributed by atoms with Gasteiger partial charge in [0.25, 0.3) is 0 Å². The molecule has 0 atom stereocenters. The highest BCUT2D eigenvalue weighted by Gasteiger charge is 2.23. The van der Waals surface area contributed by atoms with Crippen LogP contribution in [0.4, 0.5) is 0 Å². The van der Waals surface area contributed by atoms with E-state index in [0.29, 0.717) is 0 Å². The molecule has 0 fully saturated rings. The largest absolute Gasteiger partial charge is 0.459 e. The number of carbonyl (C=O) groups excluding carboxylic acids is 6. The average Bonchev–Trinajstić information content (AvgIpc) is 2.89. The normalized spacial score (nSPS) is 9.92. The summed E-state index contributed by atoms with van der Waals surface area (Å²) in [6.07, 6.45) is 0. The van der Waals surface area contributed by atoms with Crippen LogP contribution in [0.25, 0.3) is 0 Å². The fourth-order valence-electron chi connectivity index (χ4n) is 2.43. The topological polar surface area (TPSA) is 158 Å². The Hall–Kier alpha value is -4.74. The minimum absolute atomic E-state index is 0.117. The second-order valence-corrected chi connectivity index (χ2v) is 7.92. The predicted molar refractivity (Wildman–Crippen MR) is 135 cm³/mol. The summed E-state index contributed by atoms with van der Waals surface area (Å²) in [5, 5.41) is 0. The molecule has 0 heterocycles. The molecule has 12 nitrogen and oxygen atoms in total. The lowest BCUT2D eigenvalue weighted by Crippen LogP contribution is -2.20. The van der Waals surface area contributed by atoms with E-state index in [0.717, 1.165) is 12.1 Å². The maximum Gasteiger partial charge on any atom is 0.339 e. The van der Waals surface area contributed by atoms with E-state index in [1.54, 1.807) is 0 Å². The molecule has 0 N–H and O–H groups in total. The molecule has 1 aromatic carbocycles. The van der Waals surface area contributed by atoms with Crippen LogP contribution in [0.1, 0.15) is 51.8 Å². The van der Waals surface area contributed by atoms with E-state index in [4.69, 9.17) is 28.4 Å². The molecule has 0 unspecified atom stereocenters. The summed E-state index contributed by atoms with van der Waals surface area (Å²) < 4.78 is 29.7. The monoisotopic (exact) mass is 546 g/mol. The first-order valence-corrected chi connectivity index (χ1v) is 11.5. The van der Waals surface area contributed by atoms with Crippen LogP contribution in [0.15, 0.2) is 54.7 Å². The molecule has 0 saturated carbocycles. The van der Waals surface area contributed by atoms with E-state index in [1.165, 1.54) is 26.8 Å². The quantitative estimate of drug-likeness (QED) is 0.137. The number of rotatable bonds is 15. The third-order valence-corrected chi connectivity index (χ3v) is 4.39. The molecular weight excluding hydrogens is 516 g/mol. The molecule has 0 aliphatic heterocycles. The molecular formula is C27H30O12. The summed E-state index contributed by atoms with van der Waals surface area (Å²) in [5.41, 5.74) is -0.216. The Morgan fingerprint density at radius 1 is 0.513 bits per heavy atom. The second kappa shape index (κ2) is 16.2. The van der Waals surface area contributed by atoms with Crippen molar-refractivity contribution in [2.45, 2.75) is 20.8 Å². The van der Waals surface area contributed by atoms with E-state index in [2.05, 4.69) is 19.7 Å². The SMILES string of the molecule is C=C(C)C(=O)OCCOC(=O)c1ccc(C(=O)OCCOC(=O)C(=C)C)c(C(=O)OCCOC(=O)C(=C)C)c1. The van der Waals surface area contributed by atoms with E-state index in [9.17, 15) is 28.8 Å². The Morgan fingerprint density at radius 3 is 1.23 bits per heavy atom. The second-order valence-electron chi connectivity index (χ2n) is 7.92. The van der Waals surface area contributed by atoms with Gasteiger partial charge in [0.15, 0.2) is 0 Å².